The van der Waals surface area contributed by atoms with Crippen molar-refractivity contribution in [2.24, 2.45) is 5.92 Å². The van der Waals surface area contributed by atoms with Crippen molar-refractivity contribution in [1.82, 2.24) is 4.90 Å². The highest BCUT2D eigenvalue weighted by Crippen LogP contribution is 2.45. The number of likely N-dealkylation sites (tertiary alicyclic amines) is 1. The summed E-state index contributed by atoms with van der Waals surface area (Å²) < 4.78 is 17.7. The highest BCUT2D eigenvalue weighted by Gasteiger charge is 2.48. The number of carbonyl (C=O) groups is 2. The van der Waals surface area contributed by atoms with Crippen molar-refractivity contribution in [1.29, 1.82) is 0 Å². The maximum absolute atomic E-state index is 13.5. The number of carbonyl (C=O) groups excluding carboxylic acids is 2. The molecule has 3 atom stereocenters. The third kappa shape index (κ3) is 7.07. The third-order valence-corrected chi connectivity index (χ3v) is 11.5. The Morgan fingerprint density at radius 2 is 1.71 bits per heavy atom. The van der Waals surface area contributed by atoms with Crippen LogP contribution in [0.1, 0.15) is 78.5 Å². The number of esters is 1. The molecule has 0 saturated carbocycles. The second kappa shape index (κ2) is 10.8. The topological polar surface area (TPSA) is 65.1 Å². The first-order valence-electron chi connectivity index (χ1n) is 12.4. The summed E-state index contributed by atoms with van der Waals surface area (Å²) in [6, 6.07) is 7.59. The van der Waals surface area contributed by atoms with Gasteiger partial charge in [0, 0.05) is 18.6 Å². The molecular weight excluding hydrogens is 446 g/mol. The van der Waals surface area contributed by atoms with Crippen molar-refractivity contribution >= 4 is 20.4 Å². The number of rotatable bonds is 7. The van der Waals surface area contributed by atoms with Gasteiger partial charge in [0.15, 0.2) is 8.32 Å². The average Bonchev–Trinajstić information content (AvgIpc) is 3.02. The van der Waals surface area contributed by atoms with Gasteiger partial charge in [-0.25, -0.2) is 4.79 Å². The van der Waals surface area contributed by atoms with Gasteiger partial charge in [-0.1, -0.05) is 45.0 Å². The van der Waals surface area contributed by atoms with Crippen LogP contribution in [0.2, 0.25) is 18.1 Å². The summed E-state index contributed by atoms with van der Waals surface area (Å²) in [6.07, 6.45) is 0.405. The summed E-state index contributed by atoms with van der Waals surface area (Å²) in [5, 5.41) is 0.0823. The zero-order valence-electron chi connectivity index (χ0n) is 22.9. The monoisotopic (exact) mass is 491 g/mol. The van der Waals surface area contributed by atoms with Gasteiger partial charge in [-0.2, -0.15) is 0 Å². The van der Waals surface area contributed by atoms with Crippen molar-refractivity contribution < 1.29 is 23.5 Å². The van der Waals surface area contributed by atoms with Crippen LogP contribution in [0.15, 0.2) is 24.3 Å². The highest BCUT2D eigenvalue weighted by atomic mass is 28.4. The predicted molar refractivity (Wildman–Crippen MR) is 138 cm³/mol. The fourth-order valence-electron chi connectivity index (χ4n) is 4.23. The molecule has 34 heavy (non-hydrogen) atoms. The molecule has 0 bridgehead atoms. The van der Waals surface area contributed by atoms with Crippen molar-refractivity contribution in [3.8, 4) is 0 Å². The lowest BCUT2D eigenvalue weighted by Gasteiger charge is -2.38. The van der Waals surface area contributed by atoms with Gasteiger partial charge in [0.25, 0.3) is 0 Å². The molecule has 1 amide bonds. The molecule has 7 heteroatoms. The third-order valence-electron chi connectivity index (χ3n) is 7.00. The van der Waals surface area contributed by atoms with Gasteiger partial charge < -0.3 is 13.9 Å². The van der Waals surface area contributed by atoms with E-state index in [2.05, 4.69) is 52.9 Å². The zero-order valence-corrected chi connectivity index (χ0v) is 23.9. The van der Waals surface area contributed by atoms with Crippen LogP contribution in [0, 0.1) is 12.8 Å². The predicted octanol–water partition coefficient (Wildman–Crippen LogP) is 6.64. The second-order valence-electron chi connectivity index (χ2n) is 11.9. The van der Waals surface area contributed by atoms with E-state index >= 15 is 0 Å². The van der Waals surface area contributed by atoms with E-state index in [-0.39, 0.29) is 35.4 Å². The molecule has 6 nitrogen and oxygen atoms in total. The fourth-order valence-corrected chi connectivity index (χ4v) is 5.29. The van der Waals surface area contributed by atoms with E-state index in [1.807, 2.05) is 32.9 Å². The first-order chi connectivity index (χ1) is 15.6. The van der Waals surface area contributed by atoms with E-state index in [9.17, 15) is 9.59 Å². The van der Waals surface area contributed by atoms with Crippen LogP contribution < -0.4 is 0 Å². The molecule has 0 N–H and O–H groups in total. The van der Waals surface area contributed by atoms with E-state index in [0.717, 1.165) is 11.1 Å². The maximum atomic E-state index is 13.5. The maximum Gasteiger partial charge on any atom is 0.411 e. The van der Waals surface area contributed by atoms with Crippen LogP contribution in [-0.4, -0.2) is 50.1 Å². The first kappa shape index (κ1) is 28.4. The SMILES string of the molecule is CCOC(=O)C[C@@H]1C[C@H](CO[Si](C)(C)C(C)(C)C)[C@@H](c2ccccc2C)N1C(=O)OC(C)(C)C. The Hall–Kier alpha value is -1.86. The van der Waals surface area contributed by atoms with Gasteiger partial charge in [-0.05, 0) is 70.3 Å². The molecule has 1 fully saturated rings. The molecule has 1 aliphatic heterocycles. The normalized spacial score (nSPS) is 21.5. The van der Waals surface area contributed by atoms with Gasteiger partial charge in [0.1, 0.15) is 5.60 Å². The molecular formula is C27H45NO5Si. The second-order valence-corrected chi connectivity index (χ2v) is 16.7. The van der Waals surface area contributed by atoms with Crippen LogP contribution in [-0.2, 0) is 18.7 Å². The molecule has 1 saturated heterocycles. The Morgan fingerprint density at radius 3 is 2.24 bits per heavy atom. The summed E-state index contributed by atoms with van der Waals surface area (Å²) in [5.41, 5.74) is 1.54. The molecule has 1 aliphatic rings. The van der Waals surface area contributed by atoms with Crippen LogP contribution in [0.4, 0.5) is 4.79 Å². The molecule has 192 valence electrons. The van der Waals surface area contributed by atoms with E-state index in [1.165, 1.54) is 0 Å². The number of aryl methyl sites for hydroxylation is 1. The van der Waals surface area contributed by atoms with Gasteiger partial charge in [0.2, 0.25) is 0 Å². The van der Waals surface area contributed by atoms with E-state index in [4.69, 9.17) is 13.9 Å². The van der Waals surface area contributed by atoms with Crippen LogP contribution in [0.5, 0.6) is 0 Å². The molecule has 0 spiro atoms. The van der Waals surface area contributed by atoms with Crippen LogP contribution in [0.3, 0.4) is 0 Å². The number of amides is 1. The zero-order chi connectivity index (χ0) is 25.9. The lowest BCUT2D eigenvalue weighted by atomic mass is 9.91. The smallest absolute Gasteiger partial charge is 0.411 e. The number of hydrogen-bond donors (Lipinski definition) is 0. The minimum atomic E-state index is -2.00. The van der Waals surface area contributed by atoms with Gasteiger partial charge in [-0.15, -0.1) is 0 Å². The molecule has 2 rings (SSSR count). The quantitative estimate of drug-likeness (QED) is 0.316. The molecule has 0 unspecified atom stereocenters. The molecule has 1 aromatic carbocycles. The molecule has 0 aliphatic carbocycles. The van der Waals surface area contributed by atoms with Crippen molar-refractivity contribution in [3.63, 3.8) is 0 Å². The summed E-state index contributed by atoms with van der Waals surface area (Å²) in [4.78, 5) is 27.8. The standard InChI is InChI=1S/C27H45NO5Si/c1-11-31-23(29)17-21-16-20(18-32-34(9,10)27(6,7)8)24(22-15-13-12-14-19(22)2)28(21)25(30)33-26(3,4)5/h12-15,20-21,24H,11,16-18H2,1-10H3/t20-,21+,24+/m1/s1. The van der Waals surface area contributed by atoms with E-state index in [1.54, 1.807) is 11.8 Å². The Kier molecular flexibility index (Phi) is 9.03. The van der Waals surface area contributed by atoms with E-state index < -0.39 is 20.0 Å². The number of hydrogen-bond acceptors (Lipinski definition) is 5. The minimum absolute atomic E-state index is 0.0437. The lowest BCUT2D eigenvalue weighted by molar-refractivity contribution is -0.144. The van der Waals surface area contributed by atoms with Gasteiger partial charge in [-0.3, -0.25) is 9.69 Å². The van der Waals surface area contributed by atoms with Crippen molar-refractivity contribution in [2.45, 2.75) is 104 Å². The number of ether oxygens (including phenoxy) is 2. The number of benzene rings is 1. The number of nitrogens with zero attached hydrogens (tertiary/aromatic N) is 1. The Balaban J connectivity index is 2.49. The molecule has 1 heterocycles. The van der Waals surface area contributed by atoms with Crippen LogP contribution in [0.25, 0.3) is 0 Å². The van der Waals surface area contributed by atoms with Crippen molar-refractivity contribution in [3.05, 3.63) is 35.4 Å². The first-order valence-corrected chi connectivity index (χ1v) is 15.3. The minimum Gasteiger partial charge on any atom is -0.466 e. The summed E-state index contributed by atoms with van der Waals surface area (Å²) in [6.45, 7) is 21.5. The molecule has 0 radical (unpaired) electrons. The fraction of sp³-hybridized carbons (Fsp3) is 0.704. The Morgan fingerprint density at radius 1 is 1.09 bits per heavy atom. The summed E-state index contributed by atoms with van der Waals surface area (Å²) in [7, 11) is -2.00. The molecule has 0 aromatic heterocycles. The Labute approximate surface area is 207 Å². The average molecular weight is 492 g/mol. The Bertz CT molecular complexity index is 855. The largest absolute Gasteiger partial charge is 0.466 e. The van der Waals surface area contributed by atoms with E-state index in [0.29, 0.717) is 19.6 Å². The van der Waals surface area contributed by atoms with Gasteiger partial charge in [0.05, 0.1) is 19.1 Å². The summed E-state index contributed by atoms with van der Waals surface area (Å²) >= 11 is 0. The van der Waals surface area contributed by atoms with Gasteiger partial charge >= 0.3 is 12.1 Å². The molecule has 1 aromatic rings. The van der Waals surface area contributed by atoms with Crippen LogP contribution >= 0.6 is 0 Å². The summed E-state index contributed by atoms with van der Waals surface area (Å²) in [5.74, 6) is -0.252. The van der Waals surface area contributed by atoms with Crippen molar-refractivity contribution in [2.75, 3.05) is 13.2 Å². The lowest BCUT2D eigenvalue weighted by Crippen LogP contribution is -2.44. The highest BCUT2D eigenvalue weighted by molar-refractivity contribution is 6.74.